The van der Waals surface area contributed by atoms with Crippen molar-refractivity contribution in [1.29, 1.82) is 0 Å². The summed E-state index contributed by atoms with van der Waals surface area (Å²) in [6.07, 6.45) is -7.73. The normalized spacial score (nSPS) is 16.9. The molecule has 0 fully saturated rings. The van der Waals surface area contributed by atoms with Crippen LogP contribution in [0.25, 0.3) is 0 Å². The van der Waals surface area contributed by atoms with Gasteiger partial charge in [0.25, 0.3) is 5.55 Å². The van der Waals surface area contributed by atoms with E-state index in [1.165, 1.54) is 0 Å². The zero-order valence-corrected chi connectivity index (χ0v) is 14.3. The lowest BCUT2D eigenvalue weighted by Gasteiger charge is -2.42. The predicted molar refractivity (Wildman–Crippen MR) is 59.7 cm³/mol. The Balaban J connectivity index is 6.63. The van der Waals surface area contributed by atoms with Crippen molar-refractivity contribution in [2.45, 2.75) is 60.2 Å². The Bertz CT molecular complexity index is 559. The molecular weight excluding hydrogens is 471 g/mol. The average molecular weight is 478 g/mol. The molecule has 0 aromatic carbocycles. The summed E-state index contributed by atoms with van der Waals surface area (Å²) in [4.78, 5) is 0. The van der Waals surface area contributed by atoms with E-state index < -0.39 is 62.8 Å². The molecule has 0 amide bonds. The Kier molecular flexibility index (Phi) is 6.55. The molecule has 170 valence electrons. The molecule has 0 aromatic rings. The molecule has 0 radical (unpaired) electrons. The smallest absolute Gasteiger partial charge is 0.206 e. The van der Waals surface area contributed by atoms with E-state index in [1.54, 1.807) is 0 Å². The molecule has 0 nitrogen and oxygen atoms in total. The molecule has 0 aromatic heterocycles. The van der Waals surface area contributed by atoms with Crippen LogP contribution in [0.4, 0.5) is 74.6 Å². The van der Waals surface area contributed by atoms with Gasteiger partial charge in [-0.25, -0.2) is 8.78 Å². The minimum Gasteiger partial charge on any atom is -0.206 e. The summed E-state index contributed by atoms with van der Waals surface area (Å²) in [6, 6.07) is -1.02. The van der Waals surface area contributed by atoms with Crippen molar-refractivity contribution in [1.82, 2.24) is 0 Å². The molecule has 0 bridgehead atoms. The van der Waals surface area contributed by atoms with Gasteiger partial charge in [0.2, 0.25) is 0 Å². The van der Waals surface area contributed by atoms with Crippen molar-refractivity contribution < 1.29 is 74.6 Å². The van der Waals surface area contributed by atoms with Crippen LogP contribution >= 0.6 is 0 Å². The maximum absolute atomic E-state index is 13.2. The third kappa shape index (κ3) is 3.31. The van der Waals surface area contributed by atoms with E-state index in [4.69, 9.17) is 0 Å². The summed E-state index contributed by atoms with van der Waals surface area (Å²) < 4.78 is 218. The van der Waals surface area contributed by atoms with Gasteiger partial charge in [0, 0.05) is 0 Å². The van der Waals surface area contributed by atoms with Crippen LogP contribution in [0.15, 0.2) is 0 Å². The summed E-state index contributed by atoms with van der Waals surface area (Å²) in [5.41, 5.74) is -6.12. The highest BCUT2D eigenvalue weighted by Crippen LogP contribution is 2.63. The first-order valence-electron chi connectivity index (χ1n) is 6.52. The molecule has 0 atom stereocenters. The number of alkyl halides is 17. The quantitative estimate of drug-likeness (QED) is 0.317. The van der Waals surface area contributed by atoms with Crippen molar-refractivity contribution in [2.75, 3.05) is 0 Å². The average Bonchev–Trinajstić information content (AvgIpc) is 2.44. The molecule has 0 rings (SSSR count). The molecule has 0 N–H and O–H groups in total. The van der Waals surface area contributed by atoms with E-state index in [0.29, 0.717) is 6.92 Å². The van der Waals surface area contributed by atoms with E-state index in [-0.39, 0.29) is 0 Å². The Hall–Kier alpha value is -0.973. The van der Waals surface area contributed by atoms with Gasteiger partial charge >= 0.3 is 41.7 Å². The molecule has 0 spiro atoms. The third-order valence-electron chi connectivity index (χ3n) is 3.35. The van der Waals surface area contributed by atoms with Crippen molar-refractivity contribution in [2.24, 2.45) is 0 Å². The van der Waals surface area contributed by atoms with Crippen molar-refractivity contribution in [3.63, 3.8) is 0 Å². The topological polar surface area (TPSA) is 0 Å². The maximum Gasteiger partial charge on any atom is 0.460 e. The second-order valence-electron chi connectivity index (χ2n) is 5.40. The van der Waals surface area contributed by atoms with Gasteiger partial charge in [-0.3, -0.25) is 0 Å². The summed E-state index contributed by atoms with van der Waals surface area (Å²) in [6.45, 7) is 0.652. The van der Waals surface area contributed by atoms with Crippen LogP contribution in [0.3, 0.4) is 0 Å². The van der Waals surface area contributed by atoms with Gasteiger partial charge in [0.1, 0.15) is 9.52 Å². The fourth-order valence-corrected chi connectivity index (χ4v) is 2.83. The lowest BCUT2D eigenvalue weighted by molar-refractivity contribution is -0.458. The molecular formula is C10H7F17Si. The minimum atomic E-state index is -8.55. The van der Waals surface area contributed by atoms with E-state index in [1.807, 2.05) is 0 Å². The van der Waals surface area contributed by atoms with Crippen molar-refractivity contribution in [3.05, 3.63) is 0 Å². The fraction of sp³-hybridized carbons (Fsp3) is 1.00. The summed E-state index contributed by atoms with van der Waals surface area (Å²) in [7, 11) is -3.78. The molecule has 0 aliphatic carbocycles. The van der Waals surface area contributed by atoms with Gasteiger partial charge < -0.3 is 0 Å². The summed E-state index contributed by atoms with van der Waals surface area (Å²) >= 11 is 0. The molecule has 0 unspecified atom stereocenters. The van der Waals surface area contributed by atoms with Crippen LogP contribution in [0.2, 0.25) is 6.04 Å². The second kappa shape index (κ2) is 6.78. The maximum atomic E-state index is 13.2. The number of hydrogen-bond acceptors (Lipinski definition) is 0. The first-order valence-corrected chi connectivity index (χ1v) is 8.23. The Morgan fingerprint density at radius 2 is 0.679 bits per heavy atom. The zero-order valence-electron chi connectivity index (χ0n) is 12.8. The van der Waals surface area contributed by atoms with E-state index in [2.05, 4.69) is 0 Å². The van der Waals surface area contributed by atoms with Crippen LogP contribution in [0, 0.1) is 0 Å². The van der Waals surface area contributed by atoms with E-state index >= 15 is 0 Å². The van der Waals surface area contributed by atoms with Crippen LogP contribution in [0.5, 0.6) is 0 Å². The molecule has 18 heteroatoms. The minimum absolute atomic E-state index is 0.652. The summed E-state index contributed by atoms with van der Waals surface area (Å²) in [5.74, 6) is -49.2. The highest BCUT2D eigenvalue weighted by atomic mass is 28.2. The molecule has 0 aliphatic rings. The number of rotatable bonds is 8. The predicted octanol–water partition coefficient (Wildman–Crippen LogP) is 5.56. The lowest BCUT2D eigenvalue weighted by atomic mass is 9.91. The van der Waals surface area contributed by atoms with Crippen LogP contribution < -0.4 is 0 Å². The largest absolute Gasteiger partial charge is 0.460 e. The van der Waals surface area contributed by atoms with Gasteiger partial charge in [0.05, 0.1) is 0 Å². The molecule has 0 aliphatic heterocycles. The molecule has 0 saturated heterocycles. The Morgan fingerprint density at radius 3 is 0.929 bits per heavy atom. The molecule has 28 heavy (non-hydrogen) atoms. The van der Waals surface area contributed by atoms with Gasteiger partial charge in [-0.05, 0) is 0 Å². The number of halogens is 17. The first-order chi connectivity index (χ1) is 11.8. The van der Waals surface area contributed by atoms with Crippen molar-refractivity contribution >= 4 is 9.52 Å². The molecule has 0 heterocycles. The second-order valence-corrected chi connectivity index (χ2v) is 7.79. The SMILES string of the molecule is CC[SiH2]C(F)(F)C(F)(F)C(F)(F)C(F)(F)C(F)(F)C(F)(F)C(F)(F)C(F)(F)F. The van der Waals surface area contributed by atoms with Gasteiger partial charge in [-0.15, -0.1) is 0 Å². The van der Waals surface area contributed by atoms with Crippen LogP contribution in [-0.4, -0.2) is 56.8 Å². The van der Waals surface area contributed by atoms with Gasteiger partial charge in [-0.2, -0.15) is 65.9 Å². The highest BCUT2D eigenvalue weighted by molar-refractivity contribution is 6.39. The monoisotopic (exact) mass is 478 g/mol. The Labute approximate surface area is 145 Å². The van der Waals surface area contributed by atoms with Crippen LogP contribution in [0.1, 0.15) is 6.92 Å². The van der Waals surface area contributed by atoms with E-state index in [9.17, 15) is 74.6 Å². The lowest BCUT2D eigenvalue weighted by Crippen LogP contribution is -2.74. The molecule has 0 saturated carbocycles. The van der Waals surface area contributed by atoms with Gasteiger partial charge in [-0.1, -0.05) is 13.0 Å². The van der Waals surface area contributed by atoms with Crippen molar-refractivity contribution in [3.8, 4) is 0 Å². The van der Waals surface area contributed by atoms with Crippen LogP contribution in [-0.2, 0) is 0 Å². The fourth-order valence-electron chi connectivity index (χ4n) is 1.67. The Morgan fingerprint density at radius 1 is 0.429 bits per heavy atom. The standard InChI is InChI=1S/C10H7F17Si/c1-2-28-10(26,27)8(21,22)6(17,18)4(13,14)3(11,12)5(15,16)7(19,20)9(23,24)25/h2,28H2,1H3. The number of hydrogen-bond donors (Lipinski definition) is 0. The van der Waals surface area contributed by atoms with E-state index in [0.717, 1.165) is 0 Å². The first kappa shape index (κ1) is 27.0. The summed E-state index contributed by atoms with van der Waals surface area (Å²) in [5, 5.41) is 0. The third-order valence-corrected chi connectivity index (χ3v) is 4.92. The van der Waals surface area contributed by atoms with Gasteiger partial charge in [0.15, 0.2) is 0 Å². The highest BCUT2D eigenvalue weighted by Gasteiger charge is 2.95. The zero-order chi connectivity index (χ0) is 23.4.